The molecule has 0 unspecified atom stereocenters. The number of benzene rings is 2. The predicted molar refractivity (Wildman–Crippen MR) is 128 cm³/mol. The fourth-order valence-electron chi connectivity index (χ4n) is 4.71. The number of hydrogen-bond donors (Lipinski definition) is 2. The molecule has 0 radical (unpaired) electrons. The lowest BCUT2D eigenvalue weighted by atomic mass is 10.1. The average molecular weight is 484 g/mol. The highest BCUT2D eigenvalue weighted by atomic mass is 28.4. The summed E-state index contributed by atoms with van der Waals surface area (Å²) in [7, 11) is -2.89. The number of imidazole rings is 1. The van der Waals surface area contributed by atoms with Crippen molar-refractivity contribution >= 4 is 24.6 Å². The van der Waals surface area contributed by atoms with Crippen LogP contribution in [0.1, 0.15) is 27.0 Å². The van der Waals surface area contributed by atoms with E-state index in [4.69, 9.17) is 9.16 Å². The van der Waals surface area contributed by atoms with Crippen LogP contribution in [0.2, 0.25) is 5.04 Å². The fraction of sp³-hybridized carbons (Fsp3) is 0.375. The Labute approximate surface area is 198 Å². The fourth-order valence-corrected chi connectivity index (χ4v) is 9.28. The molecular weight excluding hydrogens is 454 g/mol. The molecule has 34 heavy (non-hydrogen) atoms. The summed E-state index contributed by atoms with van der Waals surface area (Å²) in [6.07, 6.45) is -2.09. The lowest BCUT2D eigenvalue weighted by Crippen LogP contribution is -2.67. The third-order valence-electron chi connectivity index (χ3n) is 6.30. The maximum atomic E-state index is 11.3. The van der Waals surface area contributed by atoms with Gasteiger partial charge in [-0.3, -0.25) is 0 Å². The molecule has 0 spiro atoms. The molecule has 0 amide bonds. The van der Waals surface area contributed by atoms with Gasteiger partial charge in [-0.15, -0.1) is 0 Å². The maximum Gasteiger partial charge on any atom is 0.436 e. The van der Waals surface area contributed by atoms with Crippen LogP contribution in [-0.2, 0) is 9.16 Å². The van der Waals surface area contributed by atoms with Gasteiger partial charge in [0.15, 0.2) is 0 Å². The molecule has 1 aliphatic rings. The zero-order chi connectivity index (χ0) is 24.5. The summed E-state index contributed by atoms with van der Waals surface area (Å²) in [5.41, 5.74) is 0. The molecule has 1 aromatic heterocycles. The van der Waals surface area contributed by atoms with Gasteiger partial charge in [0.25, 0.3) is 8.32 Å². The molecule has 3 aromatic rings. The topological polar surface area (TPSA) is 120 Å². The molecule has 4 rings (SSSR count). The van der Waals surface area contributed by atoms with Crippen molar-refractivity contribution in [3.05, 3.63) is 83.2 Å². The third-order valence-corrected chi connectivity index (χ3v) is 11.3. The first kappa shape index (κ1) is 24.2. The molecule has 0 aliphatic carbocycles. The van der Waals surface area contributed by atoms with Crippen LogP contribution in [0.5, 0.6) is 0 Å². The normalized spacial score (nSPS) is 23.2. The third kappa shape index (κ3) is 4.19. The lowest BCUT2D eigenvalue weighted by molar-refractivity contribution is -0.398. The maximum absolute atomic E-state index is 11.3. The minimum Gasteiger partial charge on any atom is -0.405 e. The number of nitrogens with zero attached hydrogens (tertiary/aromatic N) is 3. The minimum absolute atomic E-state index is 0.00447. The first-order chi connectivity index (χ1) is 16.2. The molecule has 0 bridgehead atoms. The molecule has 10 heteroatoms. The van der Waals surface area contributed by atoms with E-state index in [9.17, 15) is 20.3 Å². The van der Waals surface area contributed by atoms with E-state index in [-0.39, 0.29) is 11.6 Å². The van der Waals surface area contributed by atoms with E-state index in [0.717, 1.165) is 14.9 Å². The van der Waals surface area contributed by atoms with Crippen LogP contribution in [-0.4, -0.2) is 57.9 Å². The van der Waals surface area contributed by atoms with Gasteiger partial charge in [0.05, 0.1) is 6.61 Å². The molecule has 2 N–H and O–H groups in total. The van der Waals surface area contributed by atoms with Crippen molar-refractivity contribution in [3.8, 4) is 0 Å². The SMILES string of the molecule is CC(C)(C)[Si](OC[C@H]1O[C@H](n2ccnc2[N+](=O)[O-])[C@H](O)[C@@H]1O)(c1ccccc1)c1ccccc1. The molecule has 0 saturated carbocycles. The molecule has 9 nitrogen and oxygen atoms in total. The van der Waals surface area contributed by atoms with E-state index in [2.05, 4.69) is 50.0 Å². The summed E-state index contributed by atoms with van der Waals surface area (Å²) in [5, 5.41) is 34.6. The van der Waals surface area contributed by atoms with Crippen LogP contribution in [0.3, 0.4) is 0 Å². The summed E-state index contributed by atoms with van der Waals surface area (Å²) >= 11 is 0. The van der Waals surface area contributed by atoms with Crippen molar-refractivity contribution < 1.29 is 24.3 Å². The van der Waals surface area contributed by atoms with Gasteiger partial charge in [-0.25, -0.2) is 0 Å². The Hall–Kier alpha value is -2.89. The average Bonchev–Trinajstić information content (AvgIpc) is 3.40. The van der Waals surface area contributed by atoms with Gasteiger partial charge in [-0.1, -0.05) is 86.4 Å². The number of aliphatic hydroxyl groups is 2. The molecule has 4 atom stereocenters. The molecule has 1 saturated heterocycles. The van der Waals surface area contributed by atoms with Gasteiger partial charge in [0.1, 0.15) is 30.7 Å². The second-order valence-corrected chi connectivity index (χ2v) is 13.7. The highest BCUT2D eigenvalue weighted by molar-refractivity contribution is 6.99. The second-order valence-electron chi connectivity index (χ2n) is 9.41. The minimum atomic E-state index is -2.89. The zero-order valence-corrected chi connectivity index (χ0v) is 20.3. The monoisotopic (exact) mass is 483 g/mol. The second kappa shape index (κ2) is 9.39. The van der Waals surface area contributed by atoms with E-state index < -0.39 is 43.7 Å². The first-order valence-corrected chi connectivity index (χ1v) is 13.0. The number of hydrogen-bond acceptors (Lipinski definition) is 7. The summed E-state index contributed by atoms with van der Waals surface area (Å²) in [6, 6.07) is 20.1. The number of rotatable bonds is 7. The van der Waals surface area contributed by atoms with Gasteiger partial charge in [-0.05, 0) is 20.3 Å². The van der Waals surface area contributed by atoms with E-state index in [1.807, 2.05) is 36.4 Å². The van der Waals surface area contributed by atoms with Gasteiger partial charge in [0.2, 0.25) is 6.23 Å². The predicted octanol–water partition coefficient (Wildman–Crippen LogP) is 1.99. The number of nitro groups is 1. The van der Waals surface area contributed by atoms with Crippen molar-refractivity contribution in [2.75, 3.05) is 6.61 Å². The Morgan fingerprint density at radius 3 is 2.12 bits per heavy atom. The standard InChI is InChI=1S/C24H29N3O6Si/c1-24(2,3)34(17-10-6-4-7-11-17,18-12-8-5-9-13-18)32-16-19-20(28)21(29)22(33-19)26-15-14-25-23(26)27(30)31/h4-15,19-22,28-29H,16H2,1-3H3/t19-,20-,21-,22+/m1/s1. The first-order valence-electron chi connectivity index (χ1n) is 11.1. The van der Waals surface area contributed by atoms with Crippen LogP contribution in [0.4, 0.5) is 5.95 Å². The van der Waals surface area contributed by atoms with Crippen LogP contribution in [0.25, 0.3) is 0 Å². The summed E-state index contributed by atoms with van der Waals surface area (Å²) < 4.78 is 13.8. The van der Waals surface area contributed by atoms with Crippen molar-refractivity contribution in [2.24, 2.45) is 0 Å². The number of aliphatic hydroxyl groups excluding tert-OH is 2. The highest BCUT2D eigenvalue weighted by Gasteiger charge is 2.53. The van der Waals surface area contributed by atoms with Crippen LogP contribution in [0, 0.1) is 10.1 Å². The smallest absolute Gasteiger partial charge is 0.405 e. The van der Waals surface area contributed by atoms with Crippen molar-refractivity contribution in [1.29, 1.82) is 0 Å². The Balaban J connectivity index is 1.67. The van der Waals surface area contributed by atoms with E-state index >= 15 is 0 Å². The molecule has 2 aromatic carbocycles. The summed E-state index contributed by atoms with van der Waals surface area (Å²) in [6.45, 7) is 6.41. The molecule has 2 heterocycles. The zero-order valence-electron chi connectivity index (χ0n) is 19.3. The van der Waals surface area contributed by atoms with Gasteiger partial charge >= 0.3 is 5.95 Å². The summed E-state index contributed by atoms with van der Waals surface area (Å²) in [4.78, 5) is 14.3. The van der Waals surface area contributed by atoms with Gasteiger partial charge in [-0.2, -0.15) is 4.57 Å². The Kier molecular flexibility index (Phi) is 6.70. The van der Waals surface area contributed by atoms with Crippen molar-refractivity contribution in [2.45, 2.75) is 50.3 Å². The van der Waals surface area contributed by atoms with Crippen LogP contribution < -0.4 is 10.4 Å². The van der Waals surface area contributed by atoms with E-state index in [1.165, 1.54) is 12.4 Å². The van der Waals surface area contributed by atoms with E-state index in [1.54, 1.807) is 0 Å². The Bertz CT molecular complexity index is 1080. The quantitative estimate of drug-likeness (QED) is 0.300. The highest BCUT2D eigenvalue weighted by Crippen LogP contribution is 2.38. The van der Waals surface area contributed by atoms with Gasteiger partial charge in [0, 0.05) is 0 Å². The lowest BCUT2D eigenvalue weighted by Gasteiger charge is -2.43. The molecular formula is C24H29N3O6Si. The number of aromatic nitrogens is 2. The van der Waals surface area contributed by atoms with Crippen molar-refractivity contribution in [1.82, 2.24) is 9.55 Å². The van der Waals surface area contributed by atoms with Crippen LogP contribution in [0.15, 0.2) is 73.1 Å². The molecule has 1 fully saturated rings. The molecule has 180 valence electrons. The Morgan fingerprint density at radius 1 is 1.06 bits per heavy atom. The molecule has 1 aliphatic heterocycles. The summed E-state index contributed by atoms with van der Waals surface area (Å²) in [5.74, 6) is -0.468. The van der Waals surface area contributed by atoms with E-state index in [0.29, 0.717) is 0 Å². The Morgan fingerprint density at radius 2 is 1.62 bits per heavy atom. The largest absolute Gasteiger partial charge is 0.436 e. The van der Waals surface area contributed by atoms with Crippen molar-refractivity contribution in [3.63, 3.8) is 0 Å². The van der Waals surface area contributed by atoms with Crippen LogP contribution >= 0.6 is 0 Å². The number of ether oxygens (including phenoxy) is 1. The van der Waals surface area contributed by atoms with Gasteiger partial charge < -0.3 is 29.5 Å².